The van der Waals surface area contributed by atoms with E-state index in [1.165, 1.54) is 5.01 Å². The zero-order chi connectivity index (χ0) is 18.7. The Morgan fingerprint density at radius 3 is 2.58 bits per heavy atom. The van der Waals surface area contributed by atoms with Crippen LogP contribution in [0.4, 0.5) is 0 Å². The topological polar surface area (TPSA) is 51.1 Å². The first-order chi connectivity index (χ1) is 12.6. The molecular formula is C19H18BrClN2O3. The molecule has 7 heteroatoms. The molecule has 0 N–H and O–H groups in total. The van der Waals surface area contributed by atoms with Gasteiger partial charge in [0.25, 0.3) is 5.91 Å². The van der Waals surface area contributed by atoms with Crippen molar-refractivity contribution in [1.82, 2.24) is 5.01 Å². The zero-order valence-electron chi connectivity index (χ0n) is 14.4. The molecule has 1 amide bonds. The van der Waals surface area contributed by atoms with E-state index in [0.29, 0.717) is 17.9 Å². The number of carbonyl (C=O) groups is 1. The van der Waals surface area contributed by atoms with Gasteiger partial charge in [0.15, 0.2) is 0 Å². The van der Waals surface area contributed by atoms with Crippen molar-refractivity contribution >= 4 is 39.1 Å². The second kappa shape index (κ2) is 8.10. The summed E-state index contributed by atoms with van der Waals surface area (Å²) < 4.78 is 11.8. The molecule has 0 saturated carbocycles. The second-order valence-electron chi connectivity index (χ2n) is 5.75. The van der Waals surface area contributed by atoms with Crippen molar-refractivity contribution in [3.05, 3.63) is 58.1 Å². The molecular weight excluding hydrogens is 420 g/mol. The molecule has 0 spiro atoms. The van der Waals surface area contributed by atoms with Gasteiger partial charge in [0, 0.05) is 22.5 Å². The monoisotopic (exact) mass is 436 g/mol. The first kappa shape index (κ1) is 18.7. The molecule has 0 aromatic heterocycles. The highest BCUT2D eigenvalue weighted by Gasteiger charge is 2.34. The number of ether oxygens (including phenoxy) is 2. The van der Waals surface area contributed by atoms with Gasteiger partial charge in [0.05, 0.1) is 26.0 Å². The number of rotatable bonds is 5. The number of halogens is 2. The zero-order valence-corrected chi connectivity index (χ0v) is 16.8. The SMILES string of the molecule is COc1ccc([C@H]2CC(c3ccc(Br)cc3)=NN2C(=O)CCl)c(OC)c1. The van der Waals surface area contributed by atoms with Gasteiger partial charge in [-0.05, 0) is 29.8 Å². The molecule has 0 radical (unpaired) electrons. The standard InChI is InChI=1S/C19H18BrClN2O3/c1-25-14-7-8-15(18(9-14)26-2)17-10-16(22-23(17)19(24)11-21)12-3-5-13(20)6-4-12/h3-9,17H,10-11H2,1-2H3/t17-/m1/s1. The Kier molecular flexibility index (Phi) is 5.84. The van der Waals surface area contributed by atoms with E-state index in [9.17, 15) is 4.79 Å². The molecule has 0 fully saturated rings. The van der Waals surface area contributed by atoms with Crippen molar-refractivity contribution in [1.29, 1.82) is 0 Å². The molecule has 0 saturated heterocycles. The molecule has 0 bridgehead atoms. The molecule has 1 atom stereocenters. The number of benzene rings is 2. The van der Waals surface area contributed by atoms with Crippen LogP contribution in [0.25, 0.3) is 0 Å². The van der Waals surface area contributed by atoms with Gasteiger partial charge in [0.2, 0.25) is 0 Å². The van der Waals surface area contributed by atoms with Crippen LogP contribution < -0.4 is 9.47 Å². The lowest BCUT2D eigenvalue weighted by Crippen LogP contribution is -2.28. The van der Waals surface area contributed by atoms with Crippen molar-refractivity contribution in [3.63, 3.8) is 0 Å². The third-order valence-corrected chi connectivity index (χ3v) is 5.01. The maximum absolute atomic E-state index is 12.4. The lowest BCUT2D eigenvalue weighted by Gasteiger charge is -2.23. The van der Waals surface area contributed by atoms with Crippen LogP contribution in [0, 0.1) is 0 Å². The van der Waals surface area contributed by atoms with Gasteiger partial charge in [-0.2, -0.15) is 5.10 Å². The van der Waals surface area contributed by atoms with Gasteiger partial charge in [-0.1, -0.05) is 28.1 Å². The number of hydrogen-bond acceptors (Lipinski definition) is 4. The van der Waals surface area contributed by atoms with E-state index in [0.717, 1.165) is 21.3 Å². The largest absolute Gasteiger partial charge is 0.497 e. The predicted octanol–water partition coefficient (Wildman–Crippen LogP) is 4.38. The van der Waals surface area contributed by atoms with Crippen LogP contribution in [0.2, 0.25) is 0 Å². The van der Waals surface area contributed by atoms with Gasteiger partial charge in [-0.15, -0.1) is 11.6 Å². The average molecular weight is 438 g/mol. The summed E-state index contributed by atoms with van der Waals surface area (Å²) in [7, 11) is 3.19. The predicted molar refractivity (Wildman–Crippen MR) is 105 cm³/mol. The number of hydrogen-bond donors (Lipinski definition) is 0. The third kappa shape index (κ3) is 3.71. The van der Waals surface area contributed by atoms with Crippen LogP contribution in [0.15, 0.2) is 52.0 Å². The summed E-state index contributed by atoms with van der Waals surface area (Å²) in [6.07, 6.45) is 0.576. The van der Waals surface area contributed by atoms with E-state index < -0.39 is 0 Å². The Bertz CT molecular complexity index is 839. The molecule has 0 unspecified atom stereocenters. The fourth-order valence-corrected chi connectivity index (χ4v) is 3.34. The van der Waals surface area contributed by atoms with Gasteiger partial charge in [-0.3, -0.25) is 4.79 Å². The Morgan fingerprint density at radius 2 is 1.96 bits per heavy atom. The minimum absolute atomic E-state index is 0.133. The second-order valence-corrected chi connectivity index (χ2v) is 6.94. The normalized spacial score (nSPS) is 16.4. The number of hydrazone groups is 1. The van der Waals surface area contributed by atoms with Crippen LogP contribution in [-0.4, -0.2) is 36.7 Å². The number of nitrogens with zero attached hydrogens (tertiary/aromatic N) is 2. The molecule has 1 aliphatic rings. The van der Waals surface area contributed by atoms with Crippen molar-refractivity contribution in [2.45, 2.75) is 12.5 Å². The smallest absolute Gasteiger partial charge is 0.258 e. The van der Waals surface area contributed by atoms with Crippen LogP contribution in [0.1, 0.15) is 23.6 Å². The maximum Gasteiger partial charge on any atom is 0.258 e. The van der Waals surface area contributed by atoms with Crippen LogP contribution in [0.3, 0.4) is 0 Å². The van der Waals surface area contributed by atoms with Crippen molar-refractivity contribution < 1.29 is 14.3 Å². The van der Waals surface area contributed by atoms with Crippen LogP contribution in [-0.2, 0) is 4.79 Å². The van der Waals surface area contributed by atoms with E-state index in [-0.39, 0.29) is 17.8 Å². The summed E-state index contributed by atoms with van der Waals surface area (Å²) in [5, 5.41) is 6.00. The van der Waals surface area contributed by atoms with Gasteiger partial charge in [-0.25, -0.2) is 5.01 Å². The first-order valence-electron chi connectivity index (χ1n) is 8.00. The molecule has 1 aliphatic heterocycles. The molecule has 2 aromatic carbocycles. The average Bonchev–Trinajstić information content (AvgIpc) is 3.12. The van der Waals surface area contributed by atoms with Crippen LogP contribution in [0.5, 0.6) is 11.5 Å². The molecule has 136 valence electrons. The van der Waals surface area contributed by atoms with E-state index >= 15 is 0 Å². The summed E-state index contributed by atoms with van der Waals surface area (Å²) in [6.45, 7) is 0. The molecule has 2 aromatic rings. The minimum atomic E-state index is -0.277. The van der Waals surface area contributed by atoms with Gasteiger partial charge in [0.1, 0.15) is 17.4 Å². The Hall–Kier alpha value is -2.05. The number of carbonyl (C=O) groups excluding carboxylic acids is 1. The van der Waals surface area contributed by atoms with Crippen molar-refractivity contribution in [2.75, 3.05) is 20.1 Å². The van der Waals surface area contributed by atoms with Gasteiger partial charge >= 0.3 is 0 Å². The van der Waals surface area contributed by atoms with Gasteiger partial charge < -0.3 is 9.47 Å². The Labute approximate surface area is 165 Å². The molecule has 26 heavy (non-hydrogen) atoms. The van der Waals surface area contributed by atoms with E-state index in [2.05, 4.69) is 21.0 Å². The third-order valence-electron chi connectivity index (χ3n) is 4.26. The highest BCUT2D eigenvalue weighted by molar-refractivity contribution is 9.10. The minimum Gasteiger partial charge on any atom is -0.497 e. The molecule has 5 nitrogen and oxygen atoms in total. The number of amides is 1. The van der Waals surface area contributed by atoms with Crippen molar-refractivity contribution in [3.8, 4) is 11.5 Å². The molecule has 0 aliphatic carbocycles. The Morgan fingerprint density at radius 1 is 1.23 bits per heavy atom. The van der Waals surface area contributed by atoms with E-state index in [1.54, 1.807) is 20.3 Å². The summed E-state index contributed by atoms with van der Waals surface area (Å²) >= 11 is 9.23. The van der Waals surface area contributed by atoms with E-state index in [1.807, 2.05) is 36.4 Å². The lowest BCUT2D eigenvalue weighted by atomic mass is 9.97. The summed E-state index contributed by atoms with van der Waals surface area (Å²) in [5.41, 5.74) is 2.66. The number of alkyl halides is 1. The number of methoxy groups -OCH3 is 2. The fraction of sp³-hybridized carbons (Fsp3) is 0.263. The quantitative estimate of drug-likeness (QED) is 0.652. The summed E-state index contributed by atoms with van der Waals surface area (Å²) in [5.74, 6) is 0.954. The van der Waals surface area contributed by atoms with Crippen molar-refractivity contribution in [2.24, 2.45) is 5.10 Å². The highest BCUT2D eigenvalue weighted by atomic mass is 79.9. The Balaban J connectivity index is 1.99. The maximum atomic E-state index is 12.4. The highest BCUT2D eigenvalue weighted by Crippen LogP contribution is 2.39. The van der Waals surface area contributed by atoms with Crippen LogP contribution >= 0.6 is 27.5 Å². The van der Waals surface area contributed by atoms with E-state index in [4.69, 9.17) is 21.1 Å². The summed E-state index contributed by atoms with van der Waals surface area (Å²) in [4.78, 5) is 12.4. The molecule has 1 heterocycles. The first-order valence-corrected chi connectivity index (χ1v) is 9.33. The fourth-order valence-electron chi connectivity index (χ4n) is 2.95. The lowest BCUT2D eigenvalue weighted by molar-refractivity contribution is -0.130. The summed E-state index contributed by atoms with van der Waals surface area (Å²) in [6, 6.07) is 13.1. The molecule has 3 rings (SSSR count).